The molecule has 1 fully saturated rings. The van der Waals surface area contributed by atoms with Crippen LogP contribution in [0.5, 0.6) is 23.0 Å². The first-order valence-corrected chi connectivity index (χ1v) is 10.4. The van der Waals surface area contributed by atoms with E-state index in [2.05, 4.69) is 0 Å². The van der Waals surface area contributed by atoms with E-state index in [0.717, 1.165) is 36.3 Å². The van der Waals surface area contributed by atoms with E-state index < -0.39 is 5.91 Å². The van der Waals surface area contributed by atoms with Crippen molar-refractivity contribution in [1.29, 1.82) is 0 Å². The zero-order valence-electron chi connectivity index (χ0n) is 17.5. The molecule has 2 aromatic carbocycles. The summed E-state index contributed by atoms with van der Waals surface area (Å²) in [5, 5.41) is 0. The monoisotopic (exact) mass is 426 g/mol. The Morgan fingerprint density at radius 1 is 1.06 bits per heavy atom. The molecule has 0 aromatic heterocycles. The fraction of sp³-hybridized carbons (Fsp3) is 0.391. The fourth-order valence-electron chi connectivity index (χ4n) is 3.98. The highest BCUT2D eigenvalue weighted by atomic mass is 16.5. The molecule has 2 aromatic rings. The van der Waals surface area contributed by atoms with Crippen LogP contribution in [0.25, 0.3) is 0 Å². The smallest absolute Gasteiger partial charge is 0.255 e. The van der Waals surface area contributed by atoms with E-state index in [1.165, 1.54) is 7.11 Å². The van der Waals surface area contributed by atoms with Gasteiger partial charge in [-0.25, -0.2) is 0 Å². The van der Waals surface area contributed by atoms with Crippen molar-refractivity contribution in [2.24, 2.45) is 5.73 Å². The number of ether oxygens (including phenoxy) is 4. The molecule has 31 heavy (non-hydrogen) atoms. The third-order valence-electron chi connectivity index (χ3n) is 5.45. The van der Waals surface area contributed by atoms with E-state index in [4.69, 9.17) is 24.7 Å². The van der Waals surface area contributed by atoms with Crippen molar-refractivity contribution < 1.29 is 28.5 Å². The topological polar surface area (TPSA) is 100 Å². The number of nitrogens with two attached hydrogens (primary N) is 1. The first-order valence-electron chi connectivity index (χ1n) is 10.4. The molecule has 0 bridgehead atoms. The van der Waals surface area contributed by atoms with Crippen LogP contribution >= 0.6 is 0 Å². The largest absolute Gasteiger partial charge is 0.493 e. The Morgan fingerprint density at radius 2 is 1.87 bits per heavy atom. The molecule has 1 atom stereocenters. The van der Waals surface area contributed by atoms with Gasteiger partial charge in [-0.15, -0.1) is 0 Å². The highest BCUT2D eigenvalue weighted by Gasteiger charge is 2.32. The number of carbonyl (C=O) groups is 2. The average molecular weight is 426 g/mol. The van der Waals surface area contributed by atoms with E-state index in [-0.39, 0.29) is 18.6 Å². The number of fused-ring (bicyclic) bond motifs is 1. The minimum Gasteiger partial charge on any atom is -0.493 e. The second-order valence-corrected chi connectivity index (χ2v) is 7.53. The van der Waals surface area contributed by atoms with Gasteiger partial charge in [0.2, 0.25) is 0 Å². The second kappa shape index (κ2) is 9.16. The number of nitrogens with zero attached hydrogens (tertiary/aromatic N) is 1. The fourth-order valence-corrected chi connectivity index (χ4v) is 3.98. The molecule has 0 saturated carbocycles. The van der Waals surface area contributed by atoms with Gasteiger partial charge in [0, 0.05) is 18.5 Å². The molecule has 0 aliphatic carbocycles. The summed E-state index contributed by atoms with van der Waals surface area (Å²) in [4.78, 5) is 26.2. The first-order chi connectivity index (χ1) is 15.1. The van der Waals surface area contributed by atoms with Crippen LogP contribution < -0.4 is 24.7 Å². The van der Waals surface area contributed by atoms with E-state index in [9.17, 15) is 9.59 Å². The Kier molecular flexibility index (Phi) is 6.16. The number of hydrogen-bond donors (Lipinski definition) is 1. The molecule has 1 unspecified atom stereocenters. The van der Waals surface area contributed by atoms with Gasteiger partial charge < -0.3 is 29.6 Å². The molecule has 2 heterocycles. The van der Waals surface area contributed by atoms with Crippen LogP contribution in [0.15, 0.2) is 36.4 Å². The summed E-state index contributed by atoms with van der Waals surface area (Å²) in [5.41, 5.74) is 6.65. The van der Waals surface area contributed by atoms with Crippen LogP contribution in [0.3, 0.4) is 0 Å². The summed E-state index contributed by atoms with van der Waals surface area (Å²) in [6.45, 7) is 1.66. The number of amides is 2. The standard InChI is InChI=1S/C23H26N2O6/c1-28-20-13-16(6-8-18(20)31-14-22(24)26)23(27)25-9-2-4-17(25)15-5-7-19-21(12-15)30-11-3-10-29-19/h5-8,12-13,17H,2-4,9-11,14H2,1H3,(H2,24,26). The Balaban J connectivity index is 1.55. The Bertz CT molecular complexity index is 977. The van der Waals surface area contributed by atoms with E-state index in [1.807, 2.05) is 23.1 Å². The molecule has 2 aliphatic heterocycles. The number of primary amides is 1. The quantitative estimate of drug-likeness (QED) is 0.762. The molecule has 2 amide bonds. The molecule has 8 heteroatoms. The van der Waals surface area contributed by atoms with Crippen molar-refractivity contribution in [3.8, 4) is 23.0 Å². The summed E-state index contributed by atoms with van der Waals surface area (Å²) >= 11 is 0. The molecule has 0 spiro atoms. The Morgan fingerprint density at radius 3 is 2.65 bits per heavy atom. The van der Waals surface area contributed by atoms with Gasteiger partial charge in [0.05, 0.1) is 26.4 Å². The van der Waals surface area contributed by atoms with Gasteiger partial charge in [-0.05, 0) is 48.7 Å². The number of benzene rings is 2. The van der Waals surface area contributed by atoms with E-state index >= 15 is 0 Å². The number of carbonyl (C=O) groups excluding carboxylic acids is 2. The third kappa shape index (κ3) is 4.52. The lowest BCUT2D eigenvalue weighted by Gasteiger charge is -2.26. The van der Waals surface area contributed by atoms with Gasteiger partial charge >= 0.3 is 0 Å². The molecule has 164 valence electrons. The lowest BCUT2D eigenvalue weighted by Crippen LogP contribution is -2.30. The second-order valence-electron chi connectivity index (χ2n) is 7.53. The number of methoxy groups -OCH3 is 1. The van der Waals surface area contributed by atoms with Crippen molar-refractivity contribution in [1.82, 2.24) is 4.90 Å². The maximum Gasteiger partial charge on any atom is 0.255 e. The van der Waals surface area contributed by atoms with Crippen LogP contribution in [-0.4, -0.2) is 50.2 Å². The summed E-state index contributed by atoms with van der Waals surface area (Å²) in [6, 6.07) is 10.8. The molecular weight excluding hydrogens is 400 g/mol. The predicted octanol–water partition coefficient (Wildman–Crippen LogP) is 2.70. The van der Waals surface area contributed by atoms with Crippen LogP contribution in [0.2, 0.25) is 0 Å². The normalized spacial score (nSPS) is 17.7. The molecule has 8 nitrogen and oxygen atoms in total. The Labute approximate surface area is 180 Å². The highest BCUT2D eigenvalue weighted by molar-refractivity contribution is 5.95. The number of likely N-dealkylation sites (tertiary alicyclic amines) is 1. The van der Waals surface area contributed by atoms with Gasteiger partial charge in [0.25, 0.3) is 11.8 Å². The van der Waals surface area contributed by atoms with Gasteiger partial charge in [-0.1, -0.05) is 6.07 Å². The minimum atomic E-state index is -0.586. The number of rotatable bonds is 6. The molecule has 2 aliphatic rings. The molecule has 0 radical (unpaired) electrons. The van der Waals surface area contributed by atoms with Crippen LogP contribution in [0.1, 0.15) is 41.2 Å². The van der Waals surface area contributed by atoms with E-state index in [0.29, 0.717) is 36.8 Å². The maximum absolute atomic E-state index is 13.3. The zero-order chi connectivity index (χ0) is 21.8. The molecule has 4 rings (SSSR count). The number of hydrogen-bond acceptors (Lipinski definition) is 6. The van der Waals surface area contributed by atoms with Crippen molar-refractivity contribution in [3.63, 3.8) is 0 Å². The molecule has 2 N–H and O–H groups in total. The van der Waals surface area contributed by atoms with Crippen LogP contribution in [0, 0.1) is 0 Å². The zero-order valence-corrected chi connectivity index (χ0v) is 17.5. The van der Waals surface area contributed by atoms with Gasteiger partial charge in [-0.2, -0.15) is 0 Å². The van der Waals surface area contributed by atoms with Crippen molar-refractivity contribution in [2.75, 3.05) is 33.5 Å². The average Bonchev–Trinajstić information content (AvgIpc) is 3.15. The Hall–Kier alpha value is -3.42. The highest BCUT2D eigenvalue weighted by Crippen LogP contribution is 2.39. The maximum atomic E-state index is 13.3. The third-order valence-corrected chi connectivity index (χ3v) is 5.45. The summed E-state index contributed by atoms with van der Waals surface area (Å²) in [5.74, 6) is 1.53. The lowest BCUT2D eigenvalue weighted by molar-refractivity contribution is -0.119. The summed E-state index contributed by atoms with van der Waals surface area (Å²) < 4.78 is 22.2. The minimum absolute atomic E-state index is 0.0403. The van der Waals surface area contributed by atoms with E-state index in [1.54, 1.807) is 18.2 Å². The molecule has 1 saturated heterocycles. The van der Waals surface area contributed by atoms with Crippen LogP contribution in [0.4, 0.5) is 0 Å². The van der Waals surface area contributed by atoms with Crippen molar-refractivity contribution in [3.05, 3.63) is 47.5 Å². The van der Waals surface area contributed by atoms with Crippen molar-refractivity contribution in [2.45, 2.75) is 25.3 Å². The van der Waals surface area contributed by atoms with Crippen molar-refractivity contribution >= 4 is 11.8 Å². The lowest BCUT2D eigenvalue weighted by atomic mass is 10.0. The summed E-state index contributed by atoms with van der Waals surface area (Å²) in [7, 11) is 1.48. The van der Waals surface area contributed by atoms with Gasteiger partial charge in [0.15, 0.2) is 29.6 Å². The van der Waals surface area contributed by atoms with Gasteiger partial charge in [0.1, 0.15) is 0 Å². The van der Waals surface area contributed by atoms with Crippen LogP contribution in [-0.2, 0) is 4.79 Å². The SMILES string of the molecule is COc1cc(C(=O)N2CCCC2c2ccc3c(c2)OCCCO3)ccc1OCC(N)=O. The molecular formula is C23H26N2O6. The predicted molar refractivity (Wildman–Crippen MR) is 113 cm³/mol. The summed E-state index contributed by atoms with van der Waals surface area (Å²) in [6.07, 6.45) is 2.64. The van der Waals surface area contributed by atoms with Gasteiger partial charge in [-0.3, -0.25) is 9.59 Å². The first kappa shape index (κ1) is 20.8.